The van der Waals surface area contributed by atoms with Crippen LogP contribution >= 0.6 is 0 Å². The second-order valence-electron chi connectivity index (χ2n) is 8.10. The maximum atomic E-state index is 12.4. The summed E-state index contributed by atoms with van der Waals surface area (Å²) >= 11 is 0. The third-order valence-electron chi connectivity index (χ3n) is 5.49. The van der Waals surface area contributed by atoms with Crippen LogP contribution in [0, 0.1) is 5.92 Å². The number of anilines is 1. The van der Waals surface area contributed by atoms with Gasteiger partial charge in [0.1, 0.15) is 0 Å². The van der Waals surface area contributed by atoms with Crippen molar-refractivity contribution in [2.45, 2.75) is 44.6 Å². The molecule has 2 aliphatic carbocycles. The average Bonchev–Trinajstić information content (AvgIpc) is 3.68. The molecule has 0 spiro atoms. The molecular weight excluding hydrogens is 372 g/mol. The first-order valence-electron chi connectivity index (χ1n) is 10.7. The predicted octanol–water partition coefficient (Wildman–Crippen LogP) is 4.61. The summed E-state index contributed by atoms with van der Waals surface area (Å²) < 4.78 is 0. The zero-order valence-corrected chi connectivity index (χ0v) is 17.1. The Bertz CT molecular complexity index is 967. The Balaban J connectivity index is 1.37. The van der Waals surface area contributed by atoms with Gasteiger partial charge in [-0.3, -0.25) is 14.8 Å². The first-order chi connectivity index (χ1) is 14.7. The summed E-state index contributed by atoms with van der Waals surface area (Å²) in [6.45, 7) is 0. The number of carbonyl (C=O) groups excluding carboxylic acids is 1. The average molecular weight is 401 g/mol. The van der Waals surface area contributed by atoms with Crippen molar-refractivity contribution in [2.75, 3.05) is 5.32 Å². The fraction of sp³-hybridized carbons (Fsp3) is 0.320. The third-order valence-corrected chi connectivity index (χ3v) is 5.49. The summed E-state index contributed by atoms with van der Waals surface area (Å²) in [7, 11) is 0. The fourth-order valence-electron chi connectivity index (χ4n) is 3.30. The molecule has 154 valence electrons. The Labute approximate surface area is 177 Å². The number of carbonyl (C=O) groups is 1. The van der Waals surface area contributed by atoms with Crippen molar-refractivity contribution in [2.24, 2.45) is 16.6 Å². The van der Waals surface area contributed by atoms with Gasteiger partial charge in [0.2, 0.25) is 5.91 Å². The van der Waals surface area contributed by atoms with E-state index in [0.29, 0.717) is 6.04 Å². The van der Waals surface area contributed by atoms with Gasteiger partial charge in [0.25, 0.3) is 0 Å². The topological polar surface area (TPSA) is 80.4 Å². The molecule has 1 aromatic heterocycles. The highest BCUT2D eigenvalue weighted by Gasteiger charge is 2.20. The molecule has 0 saturated heterocycles. The van der Waals surface area contributed by atoms with Gasteiger partial charge in [-0.1, -0.05) is 25.0 Å². The van der Waals surface area contributed by atoms with Gasteiger partial charge in [-0.25, -0.2) is 0 Å². The first-order valence-corrected chi connectivity index (χ1v) is 10.7. The minimum atomic E-state index is -0.180. The van der Waals surface area contributed by atoms with Crippen molar-refractivity contribution < 1.29 is 4.79 Å². The van der Waals surface area contributed by atoms with Crippen LogP contribution in [0.15, 0.2) is 60.0 Å². The molecule has 5 nitrogen and oxygen atoms in total. The van der Waals surface area contributed by atoms with Gasteiger partial charge in [-0.15, -0.1) is 0 Å². The number of nitrogens with one attached hydrogen (secondary N) is 1. The monoisotopic (exact) mass is 400 g/mol. The number of benzene rings is 1. The number of aliphatic imine (C=N–C) groups is 1. The molecule has 2 aromatic rings. The smallest absolute Gasteiger partial charge is 0.248 e. The maximum Gasteiger partial charge on any atom is 0.248 e. The molecule has 0 atom stereocenters. The molecule has 2 saturated carbocycles. The van der Waals surface area contributed by atoms with Crippen LogP contribution in [0.3, 0.4) is 0 Å². The zero-order chi connectivity index (χ0) is 20.8. The summed E-state index contributed by atoms with van der Waals surface area (Å²) in [6, 6.07) is 10.4. The van der Waals surface area contributed by atoms with E-state index in [9.17, 15) is 4.79 Å². The van der Waals surface area contributed by atoms with Gasteiger partial charge in [0.15, 0.2) is 0 Å². The predicted molar refractivity (Wildman–Crippen MR) is 123 cm³/mol. The minimum absolute atomic E-state index is 0.180. The molecule has 30 heavy (non-hydrogen) atoms. The zero-order valence-electron chi connectivity index (χ0n) is 17.1. The lowest BCUT2D eigenvalue weighted by molar-refractivity contribution is -0.111. The van der Waals surface area contributed by atoms with Crippen LogP contribution in [0.4, 0.5) is 5.69 Å². The largest absolute Gasteiger partial charge is 0.404 e. The van der Waals surface area contributed by atoms with Crippen LogP contribution in [0.2, 0.25) is 0 Å². The standard InChI is InChI=1S/C25H28N4O/c26-15-21(17-28-22-10-11-22)24-13-14-27-16-20(24)7-12-25(30)29-23-8-5-19(6-9-23)4-3-18-1-2-18/h5-9,12-18,22H,1-4,10-11,26H2,(H,29,30)/b12-7+,21-15?,28-17?. The molecular formula is C25H28N4O. The van der Waals surface area contributed by atoms with Crippen LogP contribution in [0.25, 0.3) is 11.6 Å². The lowest BCUT2D eigenvalue weighted by Gasteiger charge is -2.07. The Hall–Kier alpha value is -3.21. The van der Waals surface area contributed by atoms with Crippen LogP contribution in [-0.4, -0.2) is 23.1 Å². The lowest BCUT2D eigenvalue weighted by atomic mass is 10.0. The first kappa shape index (κ1) is 20.1. The number of amides is 1. The Morgan fingerprint density at radius 3 is 2.67 bits per heavy atom. The van der Waals surface area contributed by atoms with E-state index in [0.717, 1.165) is 47.6 Å². The molecule has 1 aromatic carbocycles. The second-order valence-corrected chi connectivity index (χ2v) is 8.10. The van der Waals surface area contributed by atoms with Gasteiger partial charge in [-0.05, 0) is 67.0 Å². The molecule has 2 fully saturated rings. The summed E-state index contributed by atoms with van der Waals surface area (Å²) in [6.07, 6.45) is 17.5. The van der Waals surface area contributed by atoms with Crippen molar-refractivity contribution >= 4 is 29.5 Å². The summed E-state index contributed by atoms with van der Waals surface area (Å²) in [5.41, 5.74) is 10.5. The molecule has 4 rings (SSSR count). The Morgan fingerprint density at radius 2 is 1.97 bits per heavy atom. The Kier molecular flexibility index (Phi) is 6.38. The molecule has 0 aliphatic heterocycles. The number of rotatable bonds is 9. The van der Waals surface area contributed by atoms with E-state index >= 15 is 0 Å². The molecule has 0 bridgehead atoms. The highest BCUT2D eigenvalue weighted by Crippen LogP contribution is 2.33. The summed E-state index contributed by atoms with van der Waals surface area (Å²) in [5.74, 6) is 0.752. The molecule has 1 amide bonds. The van der Waals surface area contributed by atoms with Crippen molar-refractivity contribution in [3.8, 4) is 0 Å². The number of hydrogen-bond acceptors (Lipinski definition) is 4. The van der Waals surface area contributed by atoms with Crippen molar-refractivity contribution in [1.82, 2.24) is 4.98 Å². The van der Waals surface area contributed by atoms with Gasteiger partial charge in [0, 0.05) is 47.7 Å². The normalized spacial score (nSPS) is 17.0. The van der Waals surface area contributed by atoms with Gasteiger partial charge in [0.05, 0.1) is 6.04 Å². The van der Waals surface area contributed by atoms with E-state index in [1.165, 1.54) is 30.9 Å². The van der Waals surface area contributed by atoms with Crippen LogP contribution < -0.4 is 11.1 Å². The highest BCUT2D eigenvalue weighted by molar-refractivity contribution is 6.11. The lowest BCUT2D eigenvalue weighted by Crippen LogP contribution is -2.07. The molecule has 0 radical (unpaired) electrons. The second kappa shape index (κ2) is 9.53. The molecule has 3 N–H and O–H groups in total. The van der Waals surface area contributed by atoms with Crippen molar-refractivity contribution in [3.05, 3.63) is 71.7 Å². The van der Waals surface area contributed by atoms with E-state index < -0.39 is 0 Å². The van der Waals surface area contributed by atoms with E-state index in [1.807, 2.05) is 24.4 Å². The van der Waals surface area contributed by atoms with E-state index in [2.05, 4.69) is 27.4 Å². The summed E-state index contributed by atoms with van der Waals surface area (Å²) in [5, 5.41) is 2.92. The fourth-order valence-corrected chi connectivity index (χ4v) is 3.30. The van der Waals surface area contributed by atoms with Gasteiger partial charge >= 0.3 is 0 Å². The van der Waals surface area contributed by atoms with Crippen LogP contribution in [-0.2, 0) is 11.2 Å². The molecule has 5 heteroatoms. The number of pyridine rings is 1. The number of aryl methyl sites for hydroxylation is 1. The van der Waals surface area contributed by atoms with Crippen LogP contribution in [0.5, 0.6) is 0 Å². The molecule has 2 aliphatic rings. The highest BCUT2D eigenvalue weighted by atomic mass is 16.1. The maximum absolute atomic E-state index is 12.4. The summed E-state index contributed by atoms with van der Waals surface area (Å²) in [4.78, 5) is 21.1. The van der Waals surface area contributed by atoms with E-state index in [-0.39, 0.29) is 5.91 Å². The molecule has 1 heterocycles. The number of nitrogens with zero attached hydrogens (tertiary/aromatic N) is 2. The van der Waals surface area contributed by atoms with Crippen LogP contribution in [0.1, 0.15) is 48.8 Å². The van der Waals surface area contributed by atoms with Crippen molar-refractivity contribution in [3.63, 3.8) is 0 Å². The SMILES string of the molecule is NC=C(C=NC1CC1)c1ccncc1/C=C/C(=O)Nc1ccc(CCC2CC2)cc1. The van der Waals surface area contributed by atoms with E-state index in [1.54, 1.807) is 24.7 Å². The molecule has 0 unspecified atom stereocenters. The number of nitrogens with two attached hydrogens (primary N) is 1. The van der Waals surface area contributed by atoms with Gasteiger partial charge in [-0.2, -0.15) is 0 Å². The Morgan fingerprint density at radius 1 is 1.17 bits per heavy atom. The van der Waals surface area contributed by atoms with E-state index in [4.69, 9.17) is 5.73 Å². The number of hydrogen-bond donors (Lipinski definition) is 2. The number of allylic oxidation sites excluding steroid dienone is 1. The minimum Gasteiger partial charge on any atom is -0.404 e. The van der Waals surface area contributed by atoms with Gasteiger partial charge < -0.3 is 11.1 Å². The van der Waals surface area contributed by atoms with Crippen molar-refractivity contribution in [1.29, 1.82) is 0 Å². The quantitative estimate of drug-likeness (QED) is 0.476. The number of aromatic nitrogens is 1. The third kappa shape index (κ3) is 5.89.